The molecule has 0 aliphatic carbocycles. The monoisotopic (exact) mass is 517 g/mol. The van der Waals surface area contributed by atoms with Gasteiger partial charge >= 0.3 is 0 Å². The van der Waals surface area contributed by atoms with E-state index in [9.17, 15) is 22.0 Å². The molecule has 0 N–H and O–H groups in total. The molecular weight excluding hydrogens is 496 g/mol. The summed E-state index contributed by atoms with van der Waals surface area (Å²) in [5.74, 6) is -1.85. The van der Waals surface area contributed by atoms with E-state index in [1.807, 2.05) is 0 Å². The number of amides is 1. The lowest BCUT2D eigenvalue weighted by atomic mass is 10.1. The fourth-order valence-corrected chi connectivity index (χ4v) is 6.16. The van der Waals surface area contributed by atoms with Gasteiger partial charge in [0.1, 0.15) is 16.6 Å². The number of rotatable bonds is 7. The molecule has 1 fully saturated rings. The Balaban J connectivity index is 1.54. The Morgan fingerprint density at radius 3 is 2.69 bits per heavy atom. The summed E-state index contributed by atoms with van der Waals surface area (Å²) in [4.78, 5) is 18.5. The molecule has 1 saturated heterocycles. The molecule has 182 valence electrons. The molecule has 11 heteroatoms. The Hall–Kier alpha value is -2.99. The molecule has 2 aliphatic rings. The van der Waals surface area contributed by atoms with E-state index in [1.165, 1.54) is 38.7 Å². The number of aromatic nitrogens is 1. The van der Waals surface area contributed by atoms with E-state index >= 15 is 0 Å². The molecule has 2 aliphatic heterocycles. The number of fused-ring (bicyclic) bond motifs is 1. The summed E-state index contributed by atoms with van der Waals surface area (Å²) < 4.78 is 61.6. The molecule has 0 unspecified atom stereocenters. The maximum Gasteiger partial charge on any atom is 0.258 e. The van der Waals surface area contributed by atoms with Crippen LogP contribution in [0.3, 0.4) is 0 Å². The molecular formula is C24H21F2N3O4S2. The van der Waals surface area contributed by atoms with Crippen molar-refractivity contribution < 1.29 is 26.7 Å². The third-order valence-corrected chi connectivity index (χ3v) is 8.57. The molecule has 1 aromatic heterocycles. The van der Waals surface area contributed by atoms with Crippen LogP contribution in [0.2, 0.25) is 0 Å². The normalized spacial score (nSPS) is 17.3. The number of sulfonamides is 1. The van der Waals surface area contributed by atoms with Gasteiger partial charge in [-0.15, -0.1) is 11.3 Å². The van der Waals surface area contributed by atoms with Gasteiger partial charge < -0.3 is 9.64 Å². The van der Waals surface area contributed by atoms with Crippen LogP contribution >= 0.6 is 11.3 Å². The van der Waals surface area contributed by atoms with Crippen molar-refractivity contribution in [1.82, 2.24) is 9.29 Å². The Morgan fingerprint density at radius 1 is 1.23 bits per heavy atom. The Labute approximate surface area is 205 Å². The van der Waals surface area contributed by atoms with E-state index in [4.69, 9.17) is 4.74 Å². The van der Waals surface area contributed by atoms with Gasteiger partial charge in [0.2, 0.25) is 10.0 Å². The van der Waals surface area contributed by atoms with E-state index in [0.29, 0.717) is 35.0 Å². The molecule has 7 nitrogen and oxygen atoms in total. The van der Waals surface area contributed by atoms with Crippen LogP contribution in [0.5, 0.6) is 0 Å². The number of anilines is 1. The number of carbonyl (C=O) groups is 1. The van der Waals surface area contributed by atoms with Crippen molar-refractivity contribution in [1.29, 1.82) is 0 Å². The van der Waals surface area contributed by atoms with Crippen LogP contribution in [0, 0.1) is 17.6 Å². The molecule has 2 aromatic carbocycles. The van der Waals surface area contributed by atoms with Gasteiger partial charge in [0, 0.05) is 54.8 Å². The maximum absolute atomic E-state index is 14.4. The first kappa shape index (κ1) is 23.7. The van der Waals surface area contributed by atoms with Crippen molar-refractivity contribution in [3.63, 3.8) is 0 Å². The number of nitrogens with zero attached hydrogens (tertiary/aromatic N) is 3. The van der Waals surface area contributed by atoms with Gasteiger partial charge in [-0.3, -0.25) is 4.79 Å². The summed E-state index contributed by atoms with van der Waals surface area (Å²) in [6.07, 6.45) is 3.27. The average molecular weight is 518 g/mol. The van der Waals surface area contributed by atoms with Crippen LogP contribution in [0.25, 0.3) is 11.6 Å². The van der Waals surface area contributed by atoms with Gasteiger partial charge in [-0.25, -0.2) is 22.2 Å². The lowest BCUT2D eigenvalue weighted by Crippen LogP contribution is -2.42. The first-order chi connectivity index (χ1) is 16.7. The lowest BCUT2D eigenvalue weighted by Gasteiger charge is -2.32. The average Bonchev–Trinajstić information content (AvgIpc) is 3.39. The van der Waals surface area contributed by atoms with Gasteiger partial charge in [-0.1, -0.05) is 6.07 Å². The zero-order chi connectivity index (χ0) is 24.7. The number of thiazole rings is 1. The zero-order valence-corrected chi connectivity index (χ0v) is 20.3. The van der Waals surface area contributed by atoms with Crippen LogP contribution in [-0.2, 0) is 26.1 Å². The molecule has 5 rings (SSSR count). The van der Waals surface area contributed by atoms with Crippen LogP contribution < -0.4 is 4.90 Å². The van der Waals surface area contributed by atoms with Crippen molar-refractivity contribution in [2.45, 2.75) is 11.4 Å². The van der Waals surface area contributed by atoms with E-state index in [1.54, 1.807) is 30.8 Å². The maximum atomic E-state index is 14.4. The van der Waals surface area contributed by atoms with Gasteiger partial charge in [0.25, 0.3) is 5.91 Å². The highest BCUT2D eigenvalue weighted by Gasteiger charge is 2.35. The zero-order valence-electron chi connectivity index (χ0n) is 18.6. The number of carbonyl (C=O) groups excluding carboxylic acids is 1. The number of halogens is 2. The second kappa shape index (κ2) is 9.23. The Kier molecular flexibility index (Phi) is 6.26. The molecule has 35 heavy (non-hydrogen) atoms. The predicted octanol–water partition coefficient (Wildman–Crippen LogP) is 3.78. The standard InChI is InChI=1S/C24H21F2N3O4S2/c1-28-22-5-4-18(9-19(22)20(24(28)30)10-23-27-6-7-34-23)35(31,32)29(11-15-13-33-14-15)12-16-2-3-17(25)8-21(16)26/h2-10,15H,11-14H2,1H3/b20-10+. The minimum atomic E-state index is -4.09. The van der Waals surface area contributed by atoms with Crippen LogP contribution in [-0.4, -0.2) is 50.4 Å². The minimum Gasteiger partial charge on any atom is -0.381 e. The fraction of sp³-hybridized carbons (Fsp3) is 0.250. The van der Waals surface area contributed by atoms with Crippen molar-refractivity contribution in [3.05, 3.63) is 75.7 Å². The summed E-state index contributed by atoms with van der Waals surface area (Å²) in [5.41, 5.74) is 1.47. The first-order valence-corrected chi connectivity index (χ1v) is 13.1. The van der Waals surface area contributed by atoms with Crippen LogP contribution in [0.15, 0.2) is 52.9 Å². The third kappa shape index (κ3) is 4.52. The summed E-state index contributed by atoms with van der Waals surface area (Å²) in [6.45, 7) is 0.670. The number of hydrogen-bond acceptors (Lipinski definition) is 6. The van der Waals surface area contributed by atoms with Crippen LogP contribution in [0.1, 0.15) is 16.1 Å². The fourth-order valence-electron chi connectivity index (χ4n) is 4.07. The molecule has 3 heterocycles. The third-order valence-electron chi connectivity index (χ3n) is 6.04. The van der Waals surface area contributed by atoms with Gasteiger partial charge in [0.15, 0.2) is 0 Å². The molecule has 1 amide bonds. The second-order valence-corrected chi connectivity index (χ2v) is 11.3. The van der Waals surface area contributed by atoms with Crippen LogP contribution in [0.4, 0.5) is 14.5 Å². The minimum absolute atomic E-state index is 0.0212. The predicted molar refractivity (Wildman–Crippen MR) is 128 cm³/mol. The molecule has 0 bridgehead atoms. The van der Waals surface area contributed by atoms with E-state index < -0.39 is 21.7 Å². The number of ether oxygens (including phenoxy) is 1. The lowest BCUT2D eigenvalue weighted by molar-refractivity contribution is -0.112. The van der Waals surface area contributed by atoms with Gasteiger partial charge in [-0.05, 0) is 30.3 Å². The van der Waals surface area contributed by atoms with Crippen molar-refractivity contribution in [3.8, 4) is 0 Å². The molecule has 3 aromatic rings. The first-order valence-electron chi connectivity index (χ1n) is 10.8. The largest absolute Gasteiger partial charge is 0.381 e. The highest BCUT2D eigenvalue weighted by Crippen LogP contribution is 2.39. The van der Waals surface area contributed by atoms with E-state index in [-0.39, 0.29) is 35.4 Å². The van der Waals surface area contributed by atoms with Crippen molar-refractivity contribution >= 4 is 44.6 Å². The molecule has 0 atom stereocenters. The number of likely N-dealkylation sites (N-methyl/N-ethyl adjacent to an activating group) is 1. The van der Waals surface area contributed by atoms with Gasteiger partial charge in [0.05, 0.1) is 29.4 Å². The molecule has 0 radical (unpaired) electrons. The van der Waals surface area contributed by atoms with Crippen molar-refractivity contribution in [2.24, 2.45) is 5.92 Å². The molecule has 0 spiro atoms. The molecule has 0 saturated carbocycles. The van der Waals surface area contributed by atoms with Gasteiger partial charge in [-0.2, -0.15) is 4.31 Å². The Bertz CT molecular complexity index is 1420. The highest BCUT2D eigenvalue weighted by molar-refractivity contribution is 7.89. The number of hydrogen-bond donors (Lipinski definition) is 0. The summed E-state index contributed by atoms with van der Waals surface area (Å²) in [6, 6.07) is 7.58. The highest BCUT2D eigenvalue weighted by atomic mass is 32.2. The second-order valence-electron chi connectivity index (χ2n) is 8.41. The van der Waals surface area contributed by atoms with E-state index in [0.717, 1.165) is 12.1 Å². The summed E-state index contributed by atoms with van der Waals surface area (Å²) in [7, 11) is -2.47. The van der Waals surface area contributed by atoms with Crippen molar-refractivity contribution in [2.75, 3.05) is 31.7 Å². The smallest absolute Gasteiger partial charge is 0.258 e. The Morgan fingerprint density at radius 2 is 2.03 bits per heavy atom. The van der Waals surface area contributed by atoms with E-state index in [2.05, 4.69) is 4.98 Å². The SMILES string of the molecule is CN1C(=O)/C(=C/c2nccs2)c2cc(S(=O)(=O)N(Cc3ccc(F)cc3F)CC3COC3)ccc21. The summed E-state index contributed by atoms with van der Waals surface area (Å²) in [5, 5.41) is 2.41. The quantitative estimate of drug-likeness (QED) is 0.446. The number of benzene rings is 2. The topological polar surface area (TPSA) is 79.8 Å². The summed E-state index contributed by atoms with van der Waals surface area (Å²) >= 11 is 1.36.